The predicted octanol–water partition coefficient (Wildman–Crippen LogP) is 4.30. The number of benzene rings is 1. The summed E-state index contributed by atoms with van der Waals surface area (Å²) in [4.78, 5) is 11.9. The highest BCUT2D eigenvalue weighted by atomic mass is 28.4. The summed E-state index contributed by atoms with van der Waals surface area (Å²) in [5.41, 5.74) is 0.708. The van der Waals surface area contributed by atoms with Gasteiger partial charge in [-0.2, -0.15) is 5.26 Å². The van der Waals surface area contributed by atoms with Gasteiger partial charge in [-0.25, -0.2) is 0 Å². The normalized spacial score (nSPS) is 22.0. The zero-order valence-electron chi connectivity index (χ0n) is 17.1. The predicted molar refractivity (Wildman–Crippen MR) is 104 cm³/mol. The minimum absolute atomic E-state index is 0.0264. The van der Waals surface area contributed by atoms with Gasteiger partial charge in [-0.15, -0.1) is 0 Å². The van der Waals surface area contributed by atoms with Crippen LogP contribution in [0, 0.1) is 11.3 Å². The Balaban J connectivity index is 2.56. The summed E-state index contributed by atoms with van der Waals surface area (Å²) in [6.45, 7) is 16.4. The molecule has 1 aromatic rings. The molecule has 6 heteroatoms. The number of nitrogens with zero attached hydrogens (tertiary/aromatic N) is 1. The van der Waals surface area contributed by atoms with Gasteiger partial charge < -0.3 is 14.5 Å². The van der Waals surface area contributed by atoms with Crippen LogP contribution in [0.1, 0.15) is 58.7 Å². The lowest BCUT2D eigenvalue weighted by atomic mass is 9.86. The second-order valence-corrected chi connectivity index (χ2v) is 13.8. The van der Waals surface area contributed by atoms with E-state index >= 15 is 0 Å². The van der Waals surface area contributed by atoms with Gasteiger partial charge in [0.2, 0.25) is 5.91 Å². The van der Waals surface area contributed by atoms with E-state index in [0.29, 0.717) is 11.3 Å². The van der Waals surface area contributed by atoms with E-state index in [0.717, 1.165) is 5.56 Å². The van der Waals surface area contributed by atoms with E-state index in [1.54, 1.807) is 18.2 Å². The van der Waals surface area contributed by atoms with Crippen molar-refractivity contribution in [1.29, 1.82) is 5.26 Å². The molecule has 0 fully saturated rings. The number of carbonyl (C=O) groups is 1. The van der Waals surface area contributed by atoms with Gasteiger partial charge in [0, 0.05) is 12.5 Å². The lowest BCUT2D eigenvalue weighted by Gasteiger charge is -2.49. The van der Waals surface area contributed by atoms with E-state index in [4.69, 9.17) is 9.16 Å². The summed E-state index contributed by atoms with van der Waals surface area (Å²) in [6.07, 6.45) is -0.353. The van der Waals surface area contributed by atoms with Gasteiger partial charge in [0.25, 0.3) is 0 Å². The second kappa shape index (κ2) is 6.71. The summed E-state index contributed by atoms with van der Waals surface area (Å²) in [6, 6.07) is 7.11. The number of nitriles is 1. The monoisotopic (exact) mass is 374 g/mol. The van der Waals surface area contributed by atoms with Crippen LogP contribution in [0.5, 0.6) is 5.75 Å². The van der Waals surface area contributed by atoms with Crippen LogP contribution in [0.25, 0.3) is 0 Å². The molecule has 2 atom stereocenters. The maximum atomic E-state index is 11.9. The van der Waals surface area contributed by atoms with Crippen molar-refractivity contribution < 1.29 is 14.0 Å². The smallest absolute Gasteiger partial charge is 0.217 e. The van der Waals surface area contributed by atoms with Gasteiger partial charge in [-0.05, 0) is 50.2 Å². The van der Waals surface area contributed by atoms with E-state index in [1.165, 1.54) is 6.92 Å². The number of ether oxygens (including phenoxy) is 1. The van der Waals surface area contributed by atoms with Gasteiger partial charge >= 0.3 is 0 Å². The fourth-order valence-electron chi connectivity index (χ4n) is 2.94. The minimum Gasteiger partial charge on any atom is -0.485 e. The highest BCUT2D eigenvalue weighted by molar-refractivity contribution is 6.74. The molecule has 1 N–H and O–H groups in total. The average Bonchev–Trinajstić information content (AvgIpc) is 2.48. The van der Waals surface area contributed by atoms with Crippen molar-refractivity contribution in [1.82, 2.24) is 5.32 Å². The molecule has 1 amide bonds. The minimum atomic E-state index is -2.11. The van der Waals surface area contributed by atoms with Crippen molar-refractivity contribution >= 4 is 14.2 Å². The zero-order valence-corrected chi connectivity index (χ0v) is 18.1. The maximum absolute atomic E-state index is 11.9. The average molecular weight is 375 g/mol. The third-order valence-electron chi connectivity index (χ3n) is 5.42. The number of hydrogen-bond donors (Lipinski definition) is 1. The fourth-order valence-corrected chi connectivity index (χ4v) is 4.34. The molecule has 0 unspecified atom stereocenters. The SMILES string of the molecule is CC(=O)N[C@@H]1c2cc(C#N)ccc2OC(C)(C)[C@H]1O[Si](C)(C)C(C)(C)C. The molecule has 1 heterocycles. The van der Waals surface area contributed by atoms with Crippen molar-refractivity contribution in [2.24, 2.45) is 0 Å². The Labute approximate surface area is 157 Å². The van der Waals surface area contributed by atoms with Crippen LogP contribution in [0.2, 0.25) is 18.1 Å². The Hall–Kier alpha value is -1.84. The molecule has 0 radical (unpaired) electrons. The molecule has 2 rings (SSSR count). The lowest BCUT2D eigenvalue weighted by molar-refractivity contribution is -0.123. The Kier molecular flexibility index (Phi) is 5.28. The number of nitrogens with one attached hydrogen (secondary N) is 1. The zero-order chi connectivity index (χ0) is 19.9. The third-order valence-corrected chi connectivity index (χ3v) is 9.88. The van der Waals surface area contributed by atoms with Crippen LogP contribution in [-0.4, -0.2) is 25.9 Å². The molecule has 0 aliphatic carbocycles. The summed E-state index contributed by atoms with van der Waals surface area (Å²) >= 11 is 0. The molecule has 0 spiro atoms. The maximum Gasteiger partial charge on any atom is 0.217 e. The highest BCUT2D eigenvalue weighted by Gasteiger charge is 2.50. The van der Waals surface area contributed by atoms with Crippen molar-refractivity contribution in [3.8, 4) is 11.8 Å². The number of amides is 1. The van der Waals surface area contributed by atoms with Gasteiger partial charge in [0.05, 0.1) is 17.7 Å². The van der Waals surface area contributed by atoms with Crippen molar-refractivity contribution in [3.63, 3.8) is 0 Å². The summed E-state index contributed by atoms with van der Waals surface area (Å²) in [5, 5.41) is 12.3. The highest BCUT2D eigenvalue weighted by Crippen LogP contribution is 2.46. The first-order valence-corrected chi connectivity index (χ1v) is 11.9. The number of hydrogen-bond acceptors (Lipinski definition) is 4. The van der Waals surface area contributed by atoms with Gasteiger partial charge in [-0.3, -0.25) is 4.79 Å². The van der Waals surface area contributed by atoms with E-state index in [1.807, 2.05) is 13.8 Å². The lowest BCUT2D eigenvalue weighted by Crippen LogP contribution is -2.59. The third kappa shape index (κ3) is 3.94. The van der Waals surface area contributed by atoms with E-state index in [2.05, 4.69) is 45.3 Å². The first-order valence-electron chi connectivity index (χ1n) is 8.96. The van der Waals surface area contributed by atoms with Crippen molar-refractivity contribution in [2.75, 3.05) is 0 Å². The van der Waals surface area contributed by atoms with Crippen LogP contribution in [0.15, 0.2) is 18.2 Å². The summed E-state index contributed by atoms with van der Waals surface area (Å²) in [5.74, 6) is 0.549. The van der Waals surface area contributed by atoms with E-state index in [-0.39, 0.29) is 23.1 Å². The van der Waals surface area contributed by atoms with Crippen molar-refractivity contribution in [2.45, 2.75) is 77.4 Å². The number of carbonyl (C=O) groups excluding carboxylic acids is 1. The van der Waals surface area contributed by atoms with E-state index in [9.17, 15) is 10.1 Å². The largest absolute Gasteiger partial charge is 0.485 e. The number of rotatable bonds is 3. The molecule has 0 saturated carbocycles. The van der Waals surface area contributed by atoms with E-state index < -0.39 is 13.9 Å². The second-order valence-electron chi connectivity index (χ2n) is 9.05. The van der Waals surface area contributed by atoms with Gasteiger partial charge in [0.15, 0.2) is 8.32 Å². The summed E-state index contributed by atoms with van der Waals surface area (Å²) in [7, 11) is -2.11. The first-order chi connectivity index (χ1) is 11.8. The Morgan fingerprint density at radius 2 is 1.96 bits per heavy atom. The quantitative estimate of drug-likeness (QED) is 0.801. The van der Waals surface area contributed by atoms with Gasteiger partial charge in [0.1, 0.15) is 17.5 Å². The molecular formula is C20H30N2O3Si. The topological polar surface area (TPSA) is 71.4 Å². The molecule has 1 aliphatic heterocycles. The summed E-state index contributed by atoms with van der Waals surface area (Å²) < 4.78 is 13.0. The molecular weight excluding hydrogens is 344 g/mol. The standard InChI is InChI=1S/C20H30N2O3Si/c1-13(23)22-17-15-11-14(12-21)9-10-16(15)24-20(5,6)18(17)25-26(7,8)19(2,3)4/h9-11,17-18H,1-8H3,(H,22,23)/t17-,18+/m1/s1. The molecule has 0 aromatic heterocycles. The Morgan fingerprint density at radius 3 is 2.46 bits per heavy atom. The molecule has 26 heavy (non-hydrogen) atoms. The molecule has 5 nitrogen and oxygen atoms in total. The number of fused-ring (bicyclic) bond motifs is 1. The van der Waals surface area contributed by atoms with Crippen molar-refractivity contribution in [3.05, 3.63) is 29.3 Å². The van der Waals surface area contributed by atoms with Crippen LogP contribution in [0.3, 0.4) is 0 Å². The first kappa shape index (κ1) is 20.5. The van der Waals surface area contributed by atoms with Crippen LogP contribution in [-0.2, 0) is 9.22 Å². The van der Waals surface area contributed by atoms with Gasteiger partial charge in [-0.1, -0.05) is 20.8 Å². The van der Waals surface area contributed by atoms with Crippen LogP contribution in [0.4, 0.5) is 0 Å². The molecule has 1 aromatic carbocycles. The van der Waals surface area contributed by atoms with Crippen LogP contribution >= 0.6 is 0 Å². The molecule has 142 valence electrons. The fraction of sp³-hybridized carbons (Fsp3) is 0.600. The molecule has 1 aliphatic rings. The Morgan fingerprint density at radius 1 is 1.35 bits per heavy atom. The Bertz CT molecular complexity index is 744. The van der Waals surface area contributed by atoms with Crippen LogP contribution < -0.4 is 10.1 Å². The molecule has 0 bridgehead atoms. The molecule has 0 saturated heterocycles.